The monoisotopic (exact) mass is 253 g/mol. The van der Waals surface area contributed by atoms with Gasteiger partial charge in [-0.2, -0.15) is 5.10 Å². The van der Waals surface area contributed by atoms with Crippen LogP contribution < -0.4 is 4.74 Å². The molecule has 0 aromatic carbocycles. The van der Waals surface area contributed by atoms with Crippen LogP contribution in [0.1, 0.15) is 17.4 Å². The lowest BCUT2D eigenvalue weighted by atomic mass is 10.1. The van der Waals surface area contributed by atoms with Crippen molar-refractivity contribution in [2.45, 2.75) is 13.0 Å². The molecular formula is C12H19N3O3. The van der Waals surface area contributed by atoms with E-state index in [2.05, 4.69) is 16.9 Å². The highest BCUT2D eigenvalue weighted by Gasteiger charge is 2.30. The molecule has 1 unspecified atom stereocenters. The molecule has 1 aliphatic heterocycles. The second kappa shape index (κ2) is 5.49. The fourth-order valence-corrected chi connectivity index (χ4v) is 2.15. The van der Waals surface area contributed by atoms with Gasteiger partial charge in [-0.15, -0.1) is 0 Å². The number of methoxy groups -OCH3 is 1. The molecule has 1 atom stereocenters. The summed E-state index contributed by atoms with van der Waals surface area (Å²) in [5.41, 5.74) is 0.473. The number of aromatic nitrogens is 2. The lowest BCUT2D eigenvalue weighted by Gasteiger charge is -2.31. The van der Waals surface area contributed by atoms with E-state index in [4.69, 9.17) is 9.47 Å². The number of hydrogen-bond acceptors (Lipinski definition) is 5. The average molecular weight is 253 g/mol. The number of aryl methyl sites for hydroxylation is 1. The first-order valence-electron chi connectivity index (χ1n) is 6.11. The summed E-state index contributed by atoms with van der Waals surface area (Å²) >= 11 is 0. The van der Waals surface area contributed by atoms with Gasteiger partial charge < -0.3 is 9.47 Å². The van der Waals surface area contributed by atoms with E-state index in [9.17, 15) is 4.79 Å². The van der Waals surface area contributed by atoms with Crippen LogP contribution in [-0.2, 0) is 11.8 Å². The predicted molar refractivity (Wildman–Crippen MR) is 65.9 cm³/mol. The first-order chi connectivity index (χ1) is 8.67. The first-order valence-corrected chi connectivity index (χ1v) is 6.11. The van der Waals surface area contributed by atoms with Gasteiger partial charge in [0.1, 0.15) is 11.8 Å². The number of Topliss-reactive ketones (excluding diaryl/α,β-unsaturated/α-hetero) is 1. The third-order valence-corrected chi connectivity index (χ3v) is 3.25. The Labute approximate surface area is 106 Å². The molecule has 18 heavy (non-hydrogen) atoms. The lowest BCUT2D eigenvalue weighted by molar-refractivity contribution is -0.0154. The molecule has 0 aliphatic carbocycles. The minimum absolute atomic E-state index is 0.0648. The summed E-state index contributed by atoms with van der Waals surface area (Å²) in [5, 5.41) is 4.04. The number of carbonyl (C=O) groups excluding carboxylic acids is 1. The number of ether oxygens (including phenoxy) is 2. The molecule has 1 saturated heterocycles. The minimum Gasteiger partial charge on any atom is -0.493 e. The topological polar surface area (TPSA) is 56.6 Å². The number of likely N-dealkylation sites (N-methyl/N-ethyl adjacent to an activating group) is 1. The average Bonchev–Trinajstić information content (AvgIpc) is 2.79. The van der Waals surface area contributed by atoms with Crippen molar-refractivity contribution < 1.29 is 14.3 Å². The molecular weight excluding hydrogens is 234 g/mol. The van der Waals surface area contributed by atoms with Crippen LogP contribution in [0.15, 0.2) is 6.20 Å². The third kappa shape index (κ3) is 2.39. The molecule has 0 amide bonds. The van der Waals surface area contributed by atoms with Crippen molar-refractivity contribution >= 4 is 5.78 Å². The van der Waals surface area contributed by atoms with E-state index < -0.39 is 6.10 Å². The first kappa shape index (κ1) is 13.0. The fraction of sp³-hybridized carbons (Fsp3) is 0.667. The highest BCUT2D eigenvalue weighted by atomic mass is 16.5. The number of ketones is 1. The van der Waals surface area contributed by atoms with Crippen LogP contribution in [0.5, 0.6) is 5.75 Å². The van der Waals surface area contributed by atoms with Gasteiger partial charge in [-0.05, 0) is 6.54 Å². The maximum atomic E-state index is 12.4. The maximum absolute atomic E-state index is 12.4. The summed E-state index contributed by atoms with van der Waals surface area (Å²) in [6.07, 6.45) is 1.12. The zero-order chi connectivity index (χ0) is 13.1. The Hall–Kier alpha value is -1.40. The molecule has 6 nitrogen and oxygen atoms in total. The van der Waals surface area contributed by atoms with Gasteiger partial charge in [0.15, 0.2) is 5.75 Å². The highest BCUT2D eigenvalue weighted by Crippen LogP contribution is 2.20. The van der Waals surface area contributed by atoms with Crippen molar-refractivity contribution in [2.24, 2.45) is 7.05 Å². The van der Waals surface area contributed by atoms with Crippen LogP contribution in [0, 0.1) is 0 Å². The standard InChI is InChI=1S/C12H19N3O3/c1-4-15-5-6-18-10(8-15)12(16)11-9(17-3)7-13-14(11)2/h7,10H,4-6,8H2,1-3H3. The smallest absolute Gasteiger partial charge is 0.214 e. The highest BCUT2D eigenvalue weighted by molar-refractivity contribution is 6.00. The molecule has 0 N–H and O–H groups in total. The SMILES string of the molecule is CCN1CCOC(C(=O)c2c(OC)cnn2C)C1. The van der Waals surface area contributed by atoms with Crippen molar-refractivity contribution in [1.82, 2.24) is 14.7 Å². The lowest BCUT2D eigenvalue weighted by Crippen LogP contribution is -2.46. The molecule has 100 valence electrons. The van der Waals surface area contributed by atoms with Crippen LogP contribution >= 0.6 is 0 Å². The van der Waals surface area contributed by atoms with E-state index in [0.717, 1.165) is 13.1 Å². The van der Waals surface area contributed by atoms with E-state index in [0.29, 0.717) is 24.6 Å². The van der Waals surface area contributed by atoms with Crippen molar-refractivity contribution in [3.8, 4) is 5.75 Å². The van der Waals surface area contributed by atoms with Crippen molar-refractivity contribution in [3.63, 3.8) is 0 Å². The van der Waals surface area contributed by atoms with Gasteiger partial charge >= 0.3 is 0 Å². The summed E-state index contributed by atoms with van der Waals surface area (Å²) < 4.78 is 12.3. The van der Waals surface area contributed by atoms with Gasteiger partial charge in [0.05, 0.1) is 19.9 Å². The van der Waals surface area contributed by atoms with Gasteiger partial charge in [-0.3, -0.25) is 14.4 Å². The van der Waals surface area contributed by atoms with Crippen LogP contribution in [0.25, 0.3) is 0 Å². The Kier molecular flexibility index (Phi) is 3.98. The summed E-state index contributed by atoms with van der Waals surface area (Å²) in [4.78, 5) is 14.6. The predicted octanol–water partition coefficient (Wildman–Crippen LogP) is 0.332. The Morgan fingerprint density at radius 3 is 3.11 bits per heavy atom. The molecule has 0 bridgehead atoms. The van der Waals surface area contributed by atoms with Crippen LogP contribution in [-0.4, -0.2) is 59.9 Å². The van der Waals surface area contributed by atoms with Crippen LogP contribution in [0.3, 0.4) is 0 Å². The second-order valence-electron chi connectivity index (χ2n) is 4.30. The Balaban J connectivity index is 2.17. The third-order valence-electron chi connectivity index (χ3n) is 3.25. The summed E-state index contributed by atoms with van der Waals surface area (Å²) in [7, 11) is 3.27. The van der Waals surface area contributed by atoms with E-state index >= 15 is 0 Å². The molecule has 1 aliphatic rings. The van der Waals surface area contributed by atoms with Gasteiger partial charge in [0.25, 0.3) is 0 Å². The molecule has 6 heteroatoms. The van der Waals surface area contributed by atoms with Gasteiger partial charge in [-0.1, -0.05) is 6.92 Å². The molecule has 2 rings (SSSR count). The number of carbonyl (C=O) groups is 1. The number of nitrogens with zero attached hydrogens (tertiary/aromatic N) is 3. The Bertz CT molecular complexity index is 430. The summed E-state index contributed by atoms with van der Waals surface area (Å²) in [5.74, 6) is 0.435. The van der Waals surface area contributed by atoms with Crippen LogP contribution in [0.2, 0.25) is 0 Å². The van der Waals surface area contributed by atoms with E-state index in [1.54, 1.807) is 13.2 Å². The molecule has 1 aromatic heterocycles. The normalized spacial score (nSPS) is 20.9. The number of morpholine rings is 1. The minimum atomic E-state index is -0.428. The van der Waals surface area contributed by atoms with E-state index in [-0.39, 0.29) is 5.78 Å². The quantitative estimate of drug-likeness (QED) is 0.724. The van der Waals surface area contributed by atoms with Crippen LogP contribution in [0.4, 0.5) is 0 Å². The molecule has 0 radical (unpaired) electrons. The van der Waals surface area contributed by atoms with Gasteiger partial charge in [-0.25, -0.2) is 0 Å². The zero-order valence-corrected chi connectivity index (χ0v) is 11.0. The number of hydrogen-bond donors (Lipinski definition) is 0. The molecule has 0 saturated carbocycles. The number of rotatable bonds is 4. The van der Waals surface area contributed by atoms with Crippen molar-refractivity contribution in [3.05, 3.63) is 11.9 Å². The molecule has 1 aromatic rings. The zero-order valence-electron chi connectivity index (χ0n) is 11.0. The van der Waals surface area contributed by atoms with Gasteiger partial charge in [0, 0.05) is 20.1 Å². The summed E-state index contributed by atoms with van der Waals surface area (Å²) in [6.45, 7) is 5.10. The second-order valence-corrected chi connectivity index (χ2v) is 4.30. The largest absolute Gasteiger partial charge is 0.493 e. The molecule has 0 spiro atoms. The Morgan fingerprint density at radius 1 is 1.67 bits per heavy atom. The van der Waals surface area contributed by atoms with E-state index in [1.165, 1.54) is 11.8 Å². The Morgan fingerprint density at radius 2 is 2.44 bits per heavy atom. The fourth-order valence-electron chi connectivity index (χ4n) is 2.15. The van der Waals surface area contributed by atoms with Crippen molar-refractivity contribution in [1.29, 1.82) is 0 Å². The summed E-state index contributed by atoms with van der Waals surface area (Å²) in [6, 6.07) is 0. The molecule has 2 heterocycles. The molecule has 1 fully saturated rings. The van der Waals surface area contributed by atoms with Gasteiger partial charge in [0.2, 0.25) is 5.78 Å². The van der Waals surface area contributed by atoms with Crippen molar-refractivity contribution in [2.75, 3.05) is 33.4 Å². The maximum Gasteiger partial charge on any atom is 0.214 e. The van der Waals surface area contributed by atoms with E-state index in [1.807, 2.05) is 0 Å².